The highest BCUT2D eigenvalue weighted by molar-refractivity contribution is 5.91. The second kappa shape index (κ2) is 9.02. The van der Waals surface area contributed by atoms with E-state index in [1.54, 1.807) is 35.1 Å². The number of amides is 1. The molecule has 0 spiro atoms. The first kappa shape index (κ1) is 22.1. The number of carbonyl (C=O) groups excluding carboxylic acids is 2. The van der Waals surface area contributed by atoms with Crippen LogP contribution in [0.25, 0.3) is 0 Å². The first-order chi connectivity index (χ1) is 14.7. The van der Waals surface area contributed by atoms with E-state index in [0.717, 1.165) is 10.7 Å². The molecule has 1 N–H and O–H groups in total. The van der Waals surface area contributed by atoms with Crippen LogP contribution in [-0.2, 0) is 28.8 Å². The van der Waals surface area contributed by atoms with Gasteiger partial charge in [-0.25, -0.2) is 4.79 Å². The van der Waals surface area contributed by atoms with Gasteiger partial charge in [-0.05, 0) is 24.6 Å². The van der Waals surface area contributed by atoms with Crippen LogP contribution >= 0.6 is 0 Å². The number of methoxy groups -OCH3 is 1. The van der Waals surface area contributed by atoms with Crippen molar-refractivity contribution in [1.29, 1.82) is 0 Å². The second-order valence-electron chi connectivity index (χ2n) is 6.77. The highest BCUT2D eigenvalue weighted by Crippen LogP contribution is 2.28. The Balaban J connectivity index is 1.59. The average Bonchev–Trinajstić information content (AvgIpc) is 3.32. The number of carbonyl (C=O) groups is 2. The summed E-state index contributed by atoms with van der Waals surface area (Å²) < 4.78 is 45.6. The Morgan fingerprint density at radius 2 is 1.97 bits per heavy atom. The molecule has 0 atom stereocenters. The topological polar surface area (TPSA) is 91.0 Å². The first-order valence-corrected chi connectivity index (χ1v) is 9.27. The number of halogens is 3. The Bertz CT molecular complexity index is 1090. The minimum Gasteiger partial charge on any atom is -0.465 e. The van der Waals surface area contributed by atoms with Crippen molar-refractivity contribution in [2.75, 3.05) is 12.4 Å². The van der Waals surface area contributed by atoms with Crippen LogP contribution in [0, 0.1) is 6.92 Å². The molecule has 1 aromatic carbocycles. The summed E-state index contributed by atoms with van der Waals surface area (Å²) in [5.74, 6) is -0.850. The van der Waals surface area contributed by atoms with Gasteiger partial charge in [-0.3, -0.25) is 14.2 Å². The number of hydrogen-bond donors (Lipinski definition) is 1. The Kier molecular flexibility index (Phi) is 6.42. The zero-order valence-electron chi connectivity index (χ0n) is 16.8. The lowest BCUT2D eigenvalue weighted by Gasteiger charge is -2.08. The zero-order valence-corrected chi connectivity index (χ0v) is 16.8. The lowest BCUT2D eigenvalue weighted by Crippen LogP contribution is -2.16. The number of nitrogens with zero attached hydrogens (tertiary/aromatic N) is 4. The van der Waals surface area contributed by atoms with Crippen LogP contribution in [-0.4, -0.2) is 38.5 Å². The Morgan fingerprint density at radius 3 is 2.65 bits per heavy atom. The van der Waals surface area contributed by atoms with Crippen LogP contribution in [0.2, 0.25) is 0 Å². The van der Waals surface area contributed by atoms with Crippen molar-refractivity contribution in [2.24, 2.45) is 0 Å². The third-order valence-corrected chi connectivity index (χ3v) is 4.49. The van der Waals surface area contributed by atoms with Crippen LogP contribution < -0.4 is 5.32 Å². The van der Waals surface area contributed by atoms with Gasteiger partial charge >= 0.3 is 12.1 Å². The number of nitrogens with one attached hydrogen (secondary N) is 1. The normalized spacial score (nSPS) is 11.4. The third-order valence-electron chi connectivity index (χ3n) is 4.49. The predicted octanol–water partition coefficient (Wildman–Crippen LogP) is 3.27. The second-order valence-corrected chi connectivity index (χ2v) is 6.77. The van der Waals surface area contributed by atoms with E-state index in [9.17, 15) is 22.8 Å². The van der Waals surface area contributed by atoms with Crippen LogP contribution in [0.5, 0.6) is 0 Å². The Hall–Kier alpha value is -3.63. The summed E-state index contributed by atoms with van der Waals surface area (Å²) >= 11 is 0. The van der Waals surface area contributed by atoms with E-state index in [0.29, 0.717) is 22.5 Å². The Labute approximate surface area is 175 Å². The lowest BCUT2D eigenvalue weighted by atomic mass is 10.1. The average molecular weight is 435 g/mol. The van der Waals surface area contributed by atoms with E-state index in [2.05, 4.69) is 15.5 Å². The van der Waals surface area contributed by atoms with Gasteiger partial charge in [-0.1, -0.05) is 18.2 Å². The molecule has 31 heavy (non-hydrogen) atoms. The van der Waals surface area contributed by atoms with Gasteiger partial charge in [0.2, 0.25) is 5.91 Å². The van der Waals surface area contributed by atoms with E-state index in [-0.39, 0.29) is 19.5 Å². The summed E-state index contributed by atoms with van der Waals surface area (Å²) in [6.07, 6.45) is -1.55. The standard InChI is InChI=1S/C20H20F3N5O3/c1-13-9-17(20(21,22)23)26-28(13)8-7-18(29)25-15-10-24-27(12-15)11-14-5-3-4-6-16(14)19(30)31-2/h3-6,9-10,12H,7-8,11H2,1-2H3,(H,25,29). The number of anilines is 1. The molecule has 3 rings (SSSR count). The fraction of sp³-hybridized carbons (Fsp3) is 0.300. The van der Waals surface area contributed by atoms with Gasteiger partial charge in [0.1, 0.15) is 0 Å². The highest BCUT2D eigenvalue weighted by atomic mass is 19.4. The van der Waals surface area contributed by atoms with Gasteiger partial charge in [0.25, 0.3) is 0 Å². The number of aryl methyl sites for hydroxylation is 2. The number of hydrogen-bond acceptors (Lipinski definition) is 5. The van der Waals surface area contributed by atoms with Gasteiger partial charge in [0.05, 0.1) is 31.1 Å². The molecule has 0 aliphatic carbocycles. The maximum Gasteiger partial charge on any atom is 0.435 e. The van der Waals surface area contributed by atoms with Gasteiger partial charge < -0.3 is 10.1 Å². The van der Waals surface area contributed by atoms with Crippen molar-refractivity contribution < 1.29 is 27.5 Å². The van der Waals surface area contributed by atoms with Crippen molar-refractivity contribution in [3.05, 3.63) is 65.2 Å². The summed E-state index contributed by atoms with van der Waals surface area (Å²) in [7, 11) is 1.30. The molecule has 0 unspecified atom stereocenters. The molecule has 0 aliphatic rings. The number of alkyl halides is 3. The summed E-state index contributed by atoms with van der Waals surface area (Å²) in [5.41, 5.74) is 0.869. The zero-order chi connectivity index (χ0) is 22.6. The molecule has 3 aromatic rings. The van der Waals surface area contributed by atoms with Crippen molar-refractivity contribution in [2.45, 2.75) is 32.6 Å². The molecular formula is C20H20F3N5O3. The SMILES string of the molecule is COC(=O)c1ccccc1Cn1cc(NC(=O)CCn2nc(C(F)(F)F)cc2C)cn1. The van der Waals surface area contributed by atoms with Crippen LogP contribution in [0.3, 0.4) is 0 Å². The number of ether oxygens (including phenoxy) is 1. The molecule has 2 aromatic heterocycles. The van der Waals surface area contributed by atoms with Crippen molar-refractivity contribution in [3.63, 3.8) is 0 Å². The monoisotopic (exact) mass is 435 g/mol. The Morgan fingerprint density at radius 1 is 1.23 bits per heavy atom. The molecule has 8 nitrogen and oxygen atoms in total. The van der Waals surface area contributed by atoms with Crippen LogP contribution in [0.15, 0.2) is 42.7 Å². The van der Waals surface area contributed by atoms with E-state index >= 15 is 0 Å². The van der Waals surface area contributed by atoms with Crippen LogP contribution in [0.4, 0.5) is 18.9 Å². The van der Waals surface area contributed by atoms with Gasteiger partial charge in [-0.15, -0.1) is 0 Å². The van der Waals surface area contributed by atoms with E-state index < -0.39 is 23.7 Å². The van der Waals surface area contributed by atoms with Crippen LogP contribution in [0.1, 0.15) is 33.7 Å². The van der Waals surface area contributed by atoms with Gasteiger partial charge in [0, 0.05) is 24.9 Å². The highest BCUT2D eigenvalue weighted by Gasteiger charge is 2.34. The summed E-state index contributed by atoms with van der Waals surface area (Å²) in [6, 6.07) is 7.87. The maximum atomic E-state index is 12.7. The fourth-order valence-electron chi connectivity index (χ4n) is 2.96. The predicted molar refractivity (Wildman–Crippen MR) is 104 cm³/mol. The fourth-order valence-corrected chi connectivity index (χ4v) is 2.96. The largest absolute Gasteiger partial charge is 0.465 e. The van der Waals surface area contributed by atoms with Gasteiger partial charge in [-0.2, -0.15) is 23.4 Å². The summed E-state index contributed by atoms with van der Waals surface area (Å²) in [6.45, 7) is 1.79. The molecule has 0 saturated carbocycles. The number of aromatic nitrogens is 4. The van der Waals surface area contributed by atoms with E-state index in [4.69, 9.17) is 4.74 Å². The molecule has 1 amide bonds. The van der Waals surface area contributed by atoms with Crippen molar-refractivity contribution >= 4 is 17.6 Å². The number of rotatable bonds is 7. The quantitative estimate of drug-likeness (QED) is 0.576. The molecule has 2 heterocycles. The summed E-state index contributed by atoms with van der Waals surface area (Å²) in [4.78, 5) is 24.0. The molecule has 0 saturated heterocycles. The molecular weight excluding hydrogens is 415 g/mol. The van der Waals surface area contributed by atoms with Crippen molar-refractivity contribution in [3.8, 4) is 0 Å². The lowest BCUT2D eigenvalue weighted by molar-refractivity contribution is -0.141. The van der Waals surface area contributed by atoms with E-state index in [1.807, 2.05) is 0 Å². The smallest absolute Gasteiger partial charge is 0.435 e. The molecule has 0 bridgehead atoms. The third kappa shape index (κ3) is 5.50. The minimum absolute atomic E-state index is 0.00832. The summed E-state index contributed by atoms with van der Waals surface area (Å²) in [5, 5.41) is 10.3. The molecule has 0 aliphatic heterocycles. The maximum absolute atomic E-state index is 12.7. The molecule has 0 fully saturated rings. The van der Waals surface area contributed by atoms with Crippen molar-refractivity contribution in [1.82, 2.24) is 19.6 Å². The minimum atomic E-state index is -4.53. The van der Waals surface area contributed by atoms with Gasteiger partial charge in [0.15, 0.2) is 5.69 Å². The number of esters is 1. The molecule has 11 heteroatoms. The molecule has 0 radical (unpaired) electrons. The number of benzene rings is 1. The molecule has 164 valence electrons. The first-order valence-electron chi connectivity index (χ1n) is 9.27. The van der Waals surface area contributed by atoms with E-state index in [1.165, 1.54) is 20.2 Å².